The molecular weight excluding hydrogens is 338 g/mol. The fraction of sp³-hybridized carbons (Fsp3) is 0.370. The molecule has 0 fully saturated rings. The lowest BCUT2D eigenvalue weighted by Gasteiger charge is -2.33. The van der Waals surface area contributed by atoms with Crippen LogP contribution in [0, 0.1) is 0 Å². The largest absolute Gasteiger partial charge is 0.265 e. The summed E-state index contributed by atoms with van der Waals surface area (Å²) in [6, 6.07) is 22.5. The highest BCUT2D eigenvalue weighted by Crippen LogP contribution is 2.40. The highest BCUT2D eigenvalue weighted by Gasteiger charge is 2.32. The van der Waals surface area contributed by atoms with Gasteiger partial charge in [-0.1, -0.05) is 90.1 Å². The van der Waals surface area contributed by atoms with Crippen molar-refractivity contribution in [3.63, 3.8) is 0 Å². The molecule has 0 spiro atoms. The number of hydrogen-bond donors (Lipinski definition) is 0. The molecule has 0 aliphatic carbocycles. The molecule has 0 radical (unpaired) electrons. The van der Waals surface area contributed by atoms with E-state index in [-0.39, 0.29) is 16.2 Å². The summed E-state index contributed by atoms with van der Waals surface area (Å²) in [7, 11) is 0. The van der Waals surface area contributed by atoms with Crippen LogP contribution in [0.25, 0.3) is 0 Å². The summed E-state index contributed by atoms with van der Waals surface area (Å²) in [6.45, 7) is 15.9. The molecule has 3 aromatic rings. The van der Waals surface area contributed by atoms with E-state index in [0.717, 1.165) is 0 Å². The molecule has 0 atom stereocenters. The maximum absolute atomic E-state index is 4.24. The van der Waals surface area contributed by atoms with E-state index in [9.17, 15) is 0 Å². The highest BCUT2D eigenvalue weighted by molar-refractivity contribution is 5.50. The maximum Gasteiger partial charge on any atom is 0.0424 e. The summed E-state index contributed by atoms with van der Waals surface area (Å²) in [6.07, 6.45) is 3.78. The molecule has 1 nitrogen and oxygen atoms in total. The smallest absolute Gasteiger partial charge is 0.0424 e. The van der Waals surface area contributed by atoms with Crippen LogP contribution in [0.2, 0.25) is 0 Å². The second kappa shape index (κ2) is 7.20. The normalized spacial score (nSPS) is 12.8. The van der Waals surface area contributed by atoms with E-state index < -0.39 is 0 Å². The van der Waals surface area contributed by atoms with Gasteiger partial charge in [-0.15, -0.1) is 0 Å². The molecule has 0 unspecified atom stereocenters. The van der Waals surface area contributed by atoms with E-state index in [2.05, 4.69) is 114 Å². The van der Waals surface area contributed by atoms with E-state index in [0.29, 0.717) is 0 Å². The third kappa shape index (κ3) is 3.90. The first-order chi connectivity index (χ1) is 13.0. The van der Waals surface area contributed by atoms with Crippen LogP contribution in [0.3, 0.4) is 0 Å². The van der Waals surface area contributed by atoms with Crippen LogP contribution in [-0.2, 0) is 16.2 Å². The third-order valence-corrected chi connectivity index (χ3v) is 5.91. The molecule has 3 rings (SSSR count). The number of rotatable bonds is 3. The zero-order chi connectivity index (χ0) is 20.6. The highest BCUT2D eigenvalue weighted by atomic mass is 14.6. The van der Waals surface area contributed by atoms with Crippen molar-refractivity contribution in [3.05, 3.63) is 101 Å². The Morgan fingerprint density at radius 1 is 0.429 bits per heavy atom. The second-order valence-electron chi connectivity index (χ2n) is 10.0. The van der Waals surface area contributed by atoms with E-state index >= 15 is 0 Å². The van der Waals surface area contributed by atoms with Gasteiger partial charge < -0.3 is 0 Å². The number of aromatic nitrogens is 1. The van der Waals surface area contributed by atoms with Gasteiger partial charge in [0.1, 0.15) is 0 Å². The molecule has 0 amide bonds. The van der Waals surface area contributed by atoms with Crippen LogP contribution < -0.4 is 0 Å². The Balaban J connectivity index is 2.14. The lowest BCUT2D eigenvalue weighted by Crippen LogP contribution is -2.26. The van der Waals surface area contributed by atoms with E-state index in [4.69, 9.17) is 0 Å². The average molecular weight is 372 g/mol. The second-order valence-corrected chi connectivity index (χ2v) is 10.0. The van der Waals surface area contributed by atoms with Crippen molar-refractivity contribution in [2.45, 2.75) is 64.7 Å². The van der Waals surface area contributed by atoms with E-state index in [1.807, 2.05) is 12.4 Å². The van der Waals surface area contributed by atoms with E-state index in [1.165, 1.54) is 27.8 Å². The van der Waals surface area contributed by atoms with Crippen molar-refractivity contribution >= 4 is 0 Å². The van der Waals surface area contributed by atoms with Crippen molar-refractivity contribution in [2.75, 3.05) is 0 Å². The van der Waals surface area contributed by atoms with Crippen LogP contribution in [0.4, 0.5) is 0 Å². The number of pyridine rings is 1. The molecule has 0 aliphatic rings. The van der Waals surface area contributed by atoms with Gasteiger partial charge in [0.15, 0.2) is 0 Å². The van der Waals surface area contributed by atoms with Gasteiger partial charge in [-0.05, 0) is 57.7 Å². The molecule has 28 heavy (non-hydrogen) atoms. The maximum atomic E-state index is 4.24. The Morgan fingerprint density at radius 3 is 1.04 bits per heavy atom. The molecule has 0 N–H and O–H groups in total. The predicted molar refractivity (Wildman–Crippen MR) is 120 cm³/mol. The first kappa shape index (κ1) is 20.3. The minimum absolute atomic E-state index is 0.153. The van der Waals surface area contributed by atoms with Crippen molar-refractivity contribution in [1.82, 2.24) is 4.98 Å². The number of hydrogen-bond acceptors (Lipinski definition) is 1. The molecular formula is C27H33N. The standard InChI is InChI=1S/C27H33N/c1-25(2,3)20-8-12-22(13-9-20)27(7,24-16-18-28-19-17-24)23-14-10-21(11-15-23)26(4,5)6/h8-19H,1-7H3. The van der Waals surface area contributed by atoms with Crippen LogP contribution in [0.1, 0.15) is 76.3 Å². The van der Waals surface area contributed by atoms with E-state index in [1.54, 1.807) is 0 Å². The van der Waals surface area contributed by atoms with Crippen LogP contribution in [0.15, 0.2) is 73.1 Å². The Bertz CT molecular complexity index is 848. The van der Waals surface area contributed by atoms with Gasteiger partial charge >= 0.3 is 0 Å². The average Bonchev–Trinajstić information content (AvgIpc) is 2.67. The molecule has 1 heteroatoms. The van der Waals surface area contributed by atoms with Crippen molar-refractivity contribution in [3.8, 4) is 0 Å². The summed E-state index contributed by atoms with van der Waals surface area (Å²) in [5.74, 6) is 0. The minimum Gasteiger partial charge on any atom is -0.265 e. The zero-order valence-corrected chi connectivity index (χ0v) is 18.4. The minimum atomic E-state index is -0.226. The van der Waals surface area contributed by atoms with Gasteiger partial charge in [0.2, 0.25) is 0 Å². The summed E-state index contributed by atoms with van der Waals surface area (Å²) in [5, 5.41) is 0. The van der Waals surface area contributed by atoms with Crippen molar-refractivity contribution in [2.24, 2.45) is 0 Å². The van der Waals surface area contributed by atoms with Gasteiger partial charge in [-0.3, -0.25) is 4.98 Å². The first-order valence-corrected chi connectivity index (χ1v) is 10.2. The SMILES string of the molecule is CC(C)(C)c1ccc(C(C)(c2ccncc2)c2ccc(C(C)(C)C)cc2)cc1. The monoisotopic (exact) mass is 371 g/mol. The Labute approximate surface area is 170 Å². The topological polar surface area (TPSA) is 12.9 Å². The van der Waals surface area contributed by atoms with Gasteiger partial charge in [-0.2, -0.15) is 0 Å². The number of benzene rings is 2. The lowest BCUT2D eigenvalue weighted by molar-refractivity contribution is 0.587. The molecule has 0 saturated carbocycles. The van der Waals surface area contributed by atoms with Crippen molar-refractivity contribution in [1.29, 1.82) is 0 Å². The molecule has 1 heterocycles. The van der Waals surface area contributed by atoms with Gasteiger partial charge in [0.05, 0.1) is 0 Å². The Kier molecular flexibility index (Phi) is 5.23. The Morgan fingerprint density at radius 2 is 0.714 bits per heavy atom. The summed E-state index contributed by atoms with van der Waals surface area (Å²) >= 11 is 0. The molecule has 0 bridgehead atoms. The van der Waals surface area contributed by atoms with Crippen LogP contribution >= 0.6 is 0 Å². The van der Waals surface area contributed by atoms with Gasteiger partial charge in [-0.25, -0.2) is 0 Å². The summed E-state index contributed by atoms with van der Waals surface area (Å²) in [5.41, 5.74) is 6.66. The fourth-order valence-corrected chi connectivity index (χ4v) is 3.79. The zero-order valence-electron chi connectivity index (χ0n) is 18.4. The molecule has 146 valence electrons. The quantitative estimate of drug-likeness (QED) is 0.481. The van der Waals surface area contributed by atoms with Gasteiger partial charge in [0, 0.05) is 17.8 Å². The molecule has 2 aromatic carbocycles. The lowest BCUT2D eigenvalue weighted by atomic mass is 9.70. The fourth-order valence-electron chi connectivity index (χ4n) is 3.79. The van der Waals surface area contributed by atoms with Gasteiger partial charge in [0.25, 0.3) is 0 Å². The predicted octanol–water partition coefficient (Wildman–Crippen LogP) is 7.03. The van der Waals surface area contributed by atoms with Crippen molar-refractivity contribution < 1.29 is 0 Å². The third-order valence-electron chi connectivity index (χ3n) is 5.91. The molecule has 0 aliphatic heterocycles. The van der Waals surface area contributed by atoms with Crippen LogP contribution in [0.5, 0.6) is 0 Å². The summed E-state index contributed by atoms with van der Waals surface area (Å²) < 4.78 is 0. The van der Waals surface area contributed by atoms with Crippen LogP contribution in [-0.4, -0.2) is 4.98 Å². The number of nitrogens with zero attached hydrogens (tertiary/aromatic N) is 1. The first-order valence-electron chi connectivity index (χ1n) is 10.2. The molecule has 0 saturated heterocycles. The molecule has 1 aromatic heterocycles. The Hall–Kier alpha value is -2.41. The summed E-state index contributed by atoms with van der Waals surface area (Å²) in [4.78, 5) is 4.24.